The van der Waals surface area contributed by atoms with Crippen molar-refractivity contribution in [2.45, 2.75) is 38.1 Å². The van der Waals surface area contributed by atoms with E-state index in [0.29, 0.717) is 11.3 Å². The average molecular weight is 315 g/mol. The summed E-state index contributed by atoms with van der Waals surface area (Å²) in [5, 5.41) is 0. The molecular formula is C14H21NO5S. The molecule has 0 aromatic heterocycles. The smallest absolute Gasteiger partial charge is 0.343 e. The Balaban J connectivity index is 2.94. The van der Waals surface area contributed by atoms with Crippen molar-refractivity contribution in [3.05, 3.63) is 23.8 Å². The summed E-state index contributed by atoms with van der Waals surface area (Å²) in [7, 11) is -2.32. The summed E-state index contributed by atoms with van der Waals surface area (Å²) >= 11 is 0. The van der Waals surface area contributed by atoms with Crippen LogP contribution in [0, 0.1) is 6.92 Å². The predicted octanol–water partition coefficient (Wildman–Crippen LogP) is 1.62. The molecule has 0 aliphatic carbocycles. The molecule has 118 valence electrons. The van der Waals surface area contributed by atoms with Crippen molar-refractivity contribution in [3.8, 4) is 5.75 Å². The molecule has 0 spiro atoms. The minimum absolute atomic E-state index is 0.153. The van der Waals surface area contributed by atoms with Gasteiger partial charge in [-0.05, 0) is 51.5 Å². The Labute approximate surface area is 125 Å². The van der Waals surface area contributed by atoms with Crippen LogP contribution in [-0.4, -0.2) is 33.6 Å². The van der Waals surface area contributed by atoms with Gasteiger partial charge >= 0.3 is 5.97 Å². The van der Waals surface area contributed by atoms with Gasteiger partial charge in [0.15, 0.2) is 6.61 Å². The van der Waals surface area contributed by atoms with Crippen molar-refractivity contribution >= 4 is 16.0 Å². The van der Waals surface area contributed by atoms with Crippen LogP contribution in [0.25, 0.3) is 0 Å². The molecular weight excluding hydrogens is 294 g/mol. The first-order chi connectivity index (χ1) is 9.55. The van der Waals surface area contributed by atoms with Crippen LogP contribution in [0.15, 0.2) is 23.1 Å². The van der Waals surface area contributed by atoms with E-state index in [1.165, 1.54) is 25.3 Å². The molecule has 1 rings (SSSR count). The molecule has 0 bridgehead atoms. The highest BCUT2D eigenvalue weighted by Gasteiger charge is 2.22. The van der Waals surface area contributed by atoms with E-state index < -0.39 is 21.5 Å². The van der Waals surface area contributed by atoms with Crippen LogP contribution in [0.4, 0.5) is 0 Å². The lowest BCUT2D eigenvalue weighted by molar-refractivity contribution is -0.142. The normalized spacial score (nSPS) is 12.0. The summed E-state index contributed by atoms with van der Waals surface area (Å²) in [6, 6.07) is 4.46. The van der Waals surface area contributed by atoms with Gasteiger partial charge in [0.25, 0.3) is 0 Å². The monoisotopic (exact) mass is 315 g/mol. The number of carbonyl (C=O) groups excluding carboxylic acids is 1. The van der Waals surface area contributed by atoms with Gasteiger partial charge in [-0.1, -0.05) is 0 Å². The molecule has 7 heteroatoms. The predicted molar refractivity (Wildman–Crippen MR) is 78.8 cm³/mol. The van der Waals surface area contributed by atoms with Crippen LogP contribution in [0.2, 0.25) is 0 Å². The number of esters is 1. The Hall–Kier alpha value is -1.60. The molecule has 0 heterocycles. The minimum Gasteiger partial charge on any atom is -0.482 e. The van der Waals surface area contributed by atoms with E-state index in [2.05, 4.69) is 9.46 Å². The number of rotatable bonds is 5. The van der Waals surface area contributed by atoms with Gasteiger partial charge in [-0.25, -0.2) is 17.9 Å². The zero-order valence-corrected chi connectivity index (χ0v) is 13.7. The van der Waals surface area contributed by atoms with E-state index >= 15 is 0 Å². The first-order valence-corrected chi connectivity index (χ1v) is 7.88. The first kappa shape index (κ1) is 17.5. The molecule has 0 radical (unpaired) electrons. The lowest BCUT2D eigenvalue weighted by atomic mass is 10.1. The molecule has 0 saturated heterocycles. The van der Waals surface area contributed by atoms with Gasteiger partial charge < -0.3 is 9.47 Å². The number of carbonyl (C=O) groups is 1. The number of nitrogens with one attached hydrogen (secondary N) is 1. The van der Waals surface area contributed by atoms with Crippen LogP contribution in [0.5, 0.6) is 5.75 Å². The summed E-state index contributed by atoms with van der Waals surface area (Å²) < 4.78 is 36.7. The summed E-state index contributed by atoms with van der Waals surface area (Å²) in [4.78, 5) is 11.2. The second-order valence-electron chi connectivity index (χ2n) is 5.65. The third-order valence-electron chi connectivity index (χ3n) is 2.47. The number of aryl methyl sites for hydroxylation is 1. The number of sulfonamides is 1. The summed E-state index contributed by atoms with van der Waals surface area (Å²) in [5.41, 5.74) is 0.0583. The van der Waals surface area contributed by atoms with Crippen LogP contribution in [0.1, 0.15) is 26.3 Å². The van der Waals surface area contributed by atoms with Crippen LogP contribution in [-0.2, 0) is 19.6 Å². The van der Waals surface area contributed by atoms with Gasteiger partial charge in [0.05, 0.1) is 12.0 Å². The van der Waals surface area contributed by atoms with E-state index in [0.717, 1.165) is 0 Å². The molecule has 1 N–H and O–H groups in total. The third kappa shape index (κ3) is 5.35. The Bertz CT molecular complexity index is 617. The Morgan fingerprint density at radius 2 is 1.90 bits per heavy atom. The lowest BCUT2D eigenvalue weighted by Gasteiger charge is -2.20. The molecule has 0 unspecified atom stereocenters. The highest BCUT2D eigenvalue weighted by Crippen LogP contribution is 2.22. The number of benzene rings is 1. The average Bonchev–Trinajstić information content (AvgIpc) is 2.33. The van der Waals surface area contributed by atoms with Crippen molar-refractivity contribution < 1.29 is 22.7 Å². The maximum absolute atomic E-state index is 12.2. The maximum Gasteiger partial charge on any atom is 0.343 e. The topological polar surface area (TPSA) is 81.7 Å². The zero-order chi connectivity index (χ0) is 16.3. The SMILES string of the molecule is COC(=O)COc1ccc(S(=O)(=O)NC(C)(C)C)cc1C. The van der Waals surface area contributed by atoms with Gasteiger partial charge in [-0.2, -0.15) is 0 Å². The maximum atomic E-state index is 12.2. The molecule has 0 atom stereocenters. The van der Waals surface area contributed by atoms with Crippen molar-refractivity contribution in [3.63, 3.8) is 0 Å². The number of hydrogen-bond donors (Lipinski definition) is 1. The molecule has 0 saturated carbocycles. The minimum atomic E-state index is -3.59. The number of methoxy groups -OCH3 is 1. The van der Waals surface area contributed by atoms with Crippen LogP contribution in [0.3, 0.4) is 0 Å². The molecule has 0 aliphatic heterocycles. The van der Waals surface area contributed by atoms with Gasteiger partial charge in [-0.3, -0.25) is 0 Å². The number of ether oxygens (including phenoxy) is 2. The Morgan fingerprint density at radius 3 is 2.38 bits per heavy atom. The van der Waals surface area contributed by atoms with E-state index in [9.17, 15) is 13.2 Å². The molecule has 1 aromatic rings. The molecule has 21 heavy (non-hydrogen) atoms. The fourth-order valence-electron chi connectivity index (χ4n) is 1.61. The molecule has 0 aliphatic rings. The van der Waals surface area contributed by atoms with Gasteiger partial charge in [0.2, 0.25) is 10.0 Å². The third-order valence-corrected chi connectivity index (χ3v) is 4.23. The Kier molecular flexibility index (Phi) is 5.36. The molecule has 1 aromatic carbocycles. The van der Waals surface area contributed by atoms with E-state index in [4.69, 9.17) is 4.74 Å². The fraction of sp³-hybridized carbons (Fsp3) is 0.500. The van der Waals surface area contributed by atoms with Crippen LogP contribution < -0.4 is 9.46 Å². The molecule has 0 amide bonds. The van der Waals surface area contributed by atoms with Gasteiger partial charge in [0.1, 0.15) is 5.75 Å². The van der Waals surface area contributed by atoms with Gasteiger partial charge in [0, 0.05) is 5.54 Å². The second-order valence-corrected chi connectivity index (χ2v) is 7.33. The number of hydrogen-bond acceptors (Lipinski definition) is 5. The van der Waals surface area contributed by atoms with E-state index in [1.54, 1.807) is 27.7 Å². The largest absolute Gasteiger partial charge is 0.482 e. The summed E-state index contributed by atoms with van der Waals surface area (Å²) in [6.45, 7) is 6.80. The molecule has 0 fully saturated rings. The van der Waals surface area contributed by atoms with Crippen molar-refractivity contribution in [2.24, 2.45) is 0 Å². The Morgan fingerprint density at radius 1 is 1.29 bits per heavy atom. The molecule has 6 nitrogen and oxygen atoms in total. The van der Waals surface area contributed by atoms with Gasteiger partial charge in [-0.15, -0.1) is 0 Å². The standard InChI is InChI=1S/C14H21NO5S/c1-10-8-11(21(17,18)15-14(2,3)4)6-7-12(10)20-9-13(16)19-5/h6-8,15H,9H2,1-5H3. The lowest BCUT2D eigenvalue weighted by Crippen LogP contribution is -2.40. The van der Waals surface area contributed by atoms with Crippen molar-refractivity contribution in [1.82, 2.24) is 4.72 Å². The summed E-state index contributed by atoms with van der Waals surface area (Å²) in [5.74, 6) is -0.0596. The van der Waals surface area contributed by atoms with Crippen molar-refractivity contribution in [1.29, 1.82) is 0 Å². The summed E-state index contributed by atoms with van der Waals surface area (Å²) in [6.07, 6.45) is 0. The fourth-order valence-corrected chi connectivity index (χ4v) is 3.11. The second kappa shape index (κ2) is 6.44. The zero-order valence-electron chi connectivity index (χ0n) is 12.9. The van der Waals surface area contributed by atoms with Crippen LogP contribution >= 0.6 is 0 Å². The first-order valence-electron chi connectivity index (χ1n) is 6.39. The van der Waals surface area contributed by atoms with Crippen molar-refractivity contribution in [2.75, 3.05) is 13.7 Å². The highest BCUT2D eigenvalue weighted by molar-refractivity contribution is 7.89. The van der Waals surface area contributed by atoms with E-state index in [-0.39, 0.29) is 11.5 Å². The quantitative estimate of drug-likeness (QED) is 0.835. The highest BCUT2D eigenvalue weighted by atomic mass is 32.2. The van der Waals surface area contributed by atoms with E-state index in [1.807, 2.05) is 0 Å².